The topological polar surface area (TPSA) is 133 Å². The Morgan fingerprint density at radius 2 is 1.10 bits per heavy atom. The molecular formula is C39H42N4O6. The van der Waals surface area contributed by atoms with Crippen LogP contribution in [0.1, 0.15) is 78.5 Å². The van der Waals surface area contributed by atoms with Gasteiger partial charge < -0.3 is 10.6 Å². The van der Waals surface area contributed by atoms with E-state index in [4.69, 9.17) is 0 Å². The lowest BCUT2D eigenvalue weighted by Crippen LogP contribution is -2.44. The Morgan fingerprint density at radius 3 is 1.59 bits per heavy atom. The molecule has 0 atom stereocenters. The zero-order valence-corrected chi connectivity index (χ0v) is 27.7. The van der Waals surface area contributed by atoms with Crippen LogP contribution in [0.15, 0.2) is 96.2 Å². The van der Waals surface area contributed by atoms with Crippen LogP contribution in [-0.2, 0) is 19.2 Å². The van der Waals surface area contributed by atoms with Gasteiger partial charge in [-0.05, 0) is 48.8 Å². The molecule has 3 aliphatic rings. The highest BCUT2D eigenvalue weighted by molar-refractivity contribution is 6.25. The molecule has 5 rings (SSSR count). The fourth-order valence-electron chi connectivity index (χ4n) is 6.21. The summed E-state index contributed by atoms with van der Waals surface area (Å²) in [7, 11) is 0. The number of hydrogen-bond donors (Lipinski definition) is 2. The molecule has 6 amide bonds. The van der Waals surface area contributed by atoms with Crippen molar-refractivity contribution in [3.8, 4) is 0 Å². The molecule has 2 heterocycles. The maximum atomic E-state index is 13.0. The lowest BCUT2D eigenvalue weighted by atomic mass is 9.94. The van der Waals surface area contributed by atoms with Gasteiger partial charge in [0, 0.05) is 73.1 Å². The number of allylic oxidation sites excluding steroid dienone is 7. The zero-order chi connectivity index (χ0) is 34.8. The Balaban J connectivity index is 0.910. The van der Waals surface area contributed by atoms with Gasteiger partial charge in [-0.15, -0.1) is 0 Å². The van der Waals surface area contributed by atoms with Gasteiger partial charge in [0.25, 0.3) is 23.6 Å². The van der Waals surface area contributed by atoms with E-state index in [9.17, 15) is 28.8 Å². The van der Waals surface area contributed by atoms with E-state index in [0.29, 0.717) is 79.3 Å². The zero-order valence-electron chi connectivity index (χ0n) is 27.7. The second kappa shape index (κ2) is 16.6. The Morgan fingerprint density at radius 1 is 0.633 bits per heavy atom. The predicted octanol–water partition coefficient (Wildman–Crippen LogP) is 5.08. The molecule has 0 aromatic heterocycles. The van der Waals surface area contributed by atoms with Gasteiger partial charge >= 0.3 is 0 Å². The van der Waals surface area contributed by atoms with Gasteiger partial charge in [0.15, 0.2) is 0 Å². The minimum Gasteiger partial charge on any atom is -0.356 e. The Labute approximate surface area is 286 Å². The number of piperidine rings is 1. The van der Waals surface area contributed by atoms with Crippen molar-refractivity contribution < 1.29 is 28.8 Å². The summed E-state index contributed by atoms with van der Waals surface area (Å²) in [5.41, 5.74) is 2.90. The molecular weight excluding hydrogens is 620 g/mol. The fourth-order valence-corrected chi connectivity index (χ4v) is 6.21. The number of carbonyl (C=O) groups excluding carboxylic acids is 6. The monoisotopic (exact) mass is 662 g/mol. The number of amides is 6. The molecule has 1 fully saturated rings. The van der Waals surface area contributed by atoms with Crippen LogP contribution in [-0.4, -0.2) is 71.4 Å². The molecule has 10 nitrogen and oxygen atoms in total. The normalized spacial score (nSPS) is 19.2. The number of hydrogen-bond acceptors (Lipinski definition) is 6. The van der Waals surface area contributed by atoms with Crippen molar-refractivity contribution in [3.63, 3.8) is 0 Å². The van der Waals surface area contributed by atoms with Crippen molar-refractivity contribution in [2.45, 2.75) is 57.8 Å². The molecule has 2 aliphatic heterocycles. The van der Waals surface area contributed by atoms with E-state index in [1.165, 1.54) is 9.80 Å². The summed E-state index contributed by atoms with van der Waals surface area (Å²) in [4.78, 5) is 78.9. The van der Waals surface area contributed by atoms with Crippen molar-refractivity contribution >= 4 is 46.2 Å². The van der Waals surface area contributed by atoms with E-state index in [-0.39, 0.29) is 55.0 Å². The highest BCUT2D eigenvalue weighted by Crippen LogP contribution is 2.30. The minimum atomic E-state index is -0.308. The molecule has 2 aromatic carbocycles. The number of fused-ring (bicyclic) bond motifs is 2. The molecule has 2 aromatic rings. The number of likely N-dealkylation sites (tertiary alicyclic amines) is 1. The summed E-state index contributed by atoms with van der Waals surface area (Å²) in [5, 5.41) is 7.30. The van der Waals surface area contributed by atoms with Crippen LogP contribution in [0.4, 0.5) is 0 Å². The van der Waals surface area contributed by atoms with Crippen molar-refractivity contribution in [1.29, 1.82) is 0 Å². The maximum absolute atomic E-state index is 13.0. The summed E-state index contributed by atoms with van der Waals surface area (Å²) < 4.78 is 0. The molecule has 1 saturated heterocycles. The van der Waals surface area contributed by atoms with E-state index in [2.05, 4.69) is 17.2 Å². The average molecular weight is 663 g/mol. The van der Waals surface area contributed by atoms with Crippen LogP contribution in [0.25, 0.3) is 10.8 Å². The quantitative estimate of drug-likeness (QED) is 0.202. The third kappa shape index (κ3) is 8.76. The van der Waals surface area contributed by atoms with Crippen LogP contribution < -0.4 is 10.6 Å². The van der Waals surface area contributed by atoms with Gasteiger partial charge in [0.2, 0.25) is 11.8 Å². The number of nitrogens with zero attached hydrogens (tertiary/aromatic N) is 2. The molecule has 0 radical (unpaired) electrons. The fraction of sp³-hybridized carbons (Fsp3) is 0.333. The van der Waals surface area contributed by atoms with E-state index < -0.39 is 0 Å². The minimum absolute atomic E-state index is 0.0814. The van der Waals surface area contributed by atoms with Gasteiger partial charge in [-0.25, -0.2) is 0 Å². The Kier molecular flexibility index (Phi) is 11.9. The second-order valence-corrected chi connectivity index (χ2v) is 12.4. The van der Waals surface area contributed by atoms with E-state index >= 15 is 0 Å². The first-order chi connectivity index (χ1) is 23.7. The van der Waals surface area contributed by atoms with Crippen molar-refractivity contribution in [2.75, 3.05) is 26.2 Å². The van der Waals surface area contributed by atoms with Gasteiger partial charge in [0.1, 0.15) is 0 Å². The van der Waals surface area contributed by atoms with E-state index in [1.54, 1.807) is 48.6 Å². The largest absolute Gasteiger partial charge is 0.356 e. The Bertz CT molecular complexity index is 1700. The van der Waals surface area contributed by atoms with E-state index in [1.807, 2.05) is 24.3 Å². The number of unbranched alkanes of at least 4 members (excludes halogenated alkanes) is 3. The van der Waals surface area contributed by atoms with Crippen LogP contribution in [0, 0.1) is 0 Å². The van der Waals surface area contributed by atoms with Crippen molar-refractivity contribution in [3.05, 3.63) is 107 Å². The molecule has 10 heteroatoms. The van der Waals surface area contributed by atoms with Crippen LogP contribution in [0.3, 0.4) is 0 Å². The molecule has 1 aliphatic carbocycles. The summed E-state index contributed by atoms with van der Waals surface area (Å²) in [6.45, 7) is 5.06. The first-order valence-corrected chi connectivity index (χ1v) is 17.0. The molecule has 2 bridgehead atoms. The summed E-state index contributed by atoms with van der Waals surface area (Å²) in [6.07, 6.45) is 15.5. The number of carbonyl (C=O) groups is 6. The molecule has 0 unspecified atom stereocenters. The van der Waals surface area contributed by atoms with Crippen LogP contribution in [0.2, 0.25) is 0 Å². The molecule has 0 saturated carbocycles. The lowest BCUT2D eigenvalue weighted by molar-refractivity contribution is -0.141. The molecule has 254 valence electrons. The highest BCUT2D eigenvalue weighted by atomic mass is 16.2. The SMILES string of the molecule is C=C1/C=C\C=C2/C/C(=C\C=C/1)C(=O)N(CCCNC(=O)CCCCCCC(=O)NCCCN1C(=O)c3cccc4cccc(c34)C1=O)C2=O. The summed E-state index contributed by atoms with van der Waals surface area (Å²) in [5.74, 6) is -1.40. The average Bonchev–Trinajstić information content (AvgIpc) is 3.09. The maximum Gasteiger partial charge on any atom is 0.261 e. The highest BCUT2D eigenvalue weighted by Gasteiger charge is 2.33. The summed E-state index contributed by atoms with van der Waals surface area (Å²) in [6, 6.07) is 10.9. The second-order valence-electron chi connectivity index (χ2n) is 12.4. The predicted molar refractivity (Wildman–Crippen MR) is 187 cm³/mol. The first-order valence-electron chi connectivity index (χ1n) is 17.0. The number of benzene rings is 2. The van der Waals surface area contributed by atoms with E-state index in [0.717, 1.165) is 23.8 Å². The van der Waals surface area contributed by atoms with Crippen LogP contribution in [0.5, 0.6) is 0 Å². The van der Waals surface area contributed by atoms with Crippen molar-refractivity contribution in [2.24, 2.45) is 0 Å². The standard InChI is InChI=1S/C39H42N4O6/c1-27-12-6-16-29-26-30(17-7-13-27)37(47)42(36(29)46)24-10-22-40-33(44)20-4-2-3-5-21-34(45)41-23-11-25-43-38(48)31-18-8-14-28-15-9-19-32(35(28)31)39(43)49/h6-9,12-19H,1-5,10-11,20-26H2,(H,40,44)(H,41,45)/b12-6-,13-7-,29-16+,30-17+. The van der Waals surface area contributed by atoms with Gasteiger partial charge in [-0.1, -0.05) is 80.1 Å². The molecule has 49 heavy (non-hydrogen) atoms. The smallest absolute Gasteiger partial charge is 0.261 e. The molecule has 0 spiro atoms. The number of imide groups is 2. The van der Waals surface area contributed by atoms with Gasteiger partial charge in [-0.2, -0.15) is 0 Å². The number of rotatable bonds is 15. The first kappa shape index (κ1) is 34.9. The van der Waals surface area contributed by atoms with Gasteiger partial charge in [-0.3, -0.25) is 38.6 Å². The third-order valence-electron chi connectivity index (χ3n) is 8.81. The van der Waals surface area contributed by atoms with Crippen molar-refractivity contribution in [1.82, 2.24) is 20.4 Å². The van der Waals surface area contributed by atoms with Gasteiger partial charge in [0.05, 0.1) is 0 Å². The lowest BCUT2D eigenvalue weighted by Gasteiger charge is -2.28. The Hall–Kier alpha value is -5.38. The summed E-state index contributed by atoms with van der Waals surface area (Å²) >= 11 is 0. The third-order valence-corrected chi connectivity index (χ3v) is 8.81. The number of nitrogens with one attached hydrogen (secondary N) is 2. The van der Waals surface area contributed by atoms with Crippen LogP contribution >= 0.6 is 0 Å². The molecule has 2 N–H and O–H groups in total.